The molecule has 1 aliphatic rings. The second kappa shape index (κ2) is 5.47. The van der Waals surface area contributed by atoms with E-state index in [4.69, 9.17) is 9.84 Å². The van der Waals surface area contributed by atoms with E-state index in [0.717, 1.165) is 19.3 Å². The third kappa shape index (κ3) is 3.47. The number of aliphatic carboxylic acids is 1. The molecule has 0 radical (unpaired) electrons. The largest absolute Gasteiger partial charge is 0.481 e. The van der Waals surface area contributed by atoms with Gasteiger partial charge in [-0.15, -0.1) is 0 Å². The summed E-state index contributed by atoms with van der Waals surface area (Å²) < 4.78 is 5.62. The first-order valence-corrected chi connectivity index (χ1v) is 5.61. The molecule has 0 aromatic carbocycles. The predicted octanol–water partition coefficient (Wildman–Crippen LogP) is 1.42. The van der Waals surface area contributed by atoms with Crippen LogP contribution in [0.5, 0.6) is 0 Å². The van der Waals surface area contributed by atoms with Crippen LogP contribution in [0.2, 0.25) is 0 Å². The molecule has 1 aliphatic heterocycles. The van der Waals surface area contributed by atoms with Crippen LogP contribution in [0.15, 0.2) is 0 Å². The predicted molar refractivity (Wildman–Crippen MR) is 55.6 cm³/mol. The average Bonchev–Trinajstić information content (AvgIpc) is 2.64. The normalized spacial score (nSPS) is 30.1. The number of aliphatic hydroxyl groups excluding tert-OH is 1. The zero-order valence-electron chi connectivity index (χ0n) is 9.35. The van der Waals surface area contributed by atoms with Gasteiger partial charge in [-0.25, -0.2) is 0 Å². The molecule has 4 atom stereocenters. The number of carbonyl (C=O) groups is 1. The van der Waals surface area contributed by atoms with Gasteiger partial charge in [0.25, 0.3) is 0 Å². The van der Waals surface area contributed by atoms with Gasteiger partial charge in [-0.1, -0.05) is 6.92 Å². The molecule has 0 aromatic rings. The highest BCUT2D eigenvalue weighted by Gasteiger charge is 2.33. The van der Waals surface area contributed by atoms with Crippen LogP contribution >= 0.6 is 0 Å². The fraction of sp³-hybridized carbons (Fsp3) is 0.909. The molecule has 1 fully saturated rings. The molecule has 0 amide bonds. The highest BCUT2D eigenvalue weighted by molar-refractivity contribution is 5.70. The second-order valence-corrected chi connectivity index (χ2v) is 4.30. The van der Waals surface area contributed by atoms with Crippen molar-refractivity contribution in [1.29, 1.82) is 0 Å². The lowest BCUT2D eigenvalue weighted by atomic mass is 10.0. The fourth-order valence-electron chi connectivity index (χ4n) is 1.90. The van der Waals surface area contributed by atoms with Gasteiger partial charge in [0.1, 0.15) is 0 Å². The van der Waals surface area contributed by atoms with Crippen molar-refractivity contribution >= 4 is 5.97 Å². The first-order valence-electron chi connectivity index (χ1n) is 5.61. The van der Waals surface area contributed by atoms with Crippen molar-refractivity contribution in [2.45, 2.75) is 57.8 Å². The van der Waals surface area contributed by atoms with Crippen LogP contribution in [0, 0.1) is 5.92 Å². The summed E-state index contributed by atoms with van der Waals surface area (Å²) in [5.41, 5.74) is 0. The molecule has 0 unspecified atom stereocenters. The van der Waals surface area contributed by atoms with Gasteiger partial charge in [-0.05, 0) is 32.6 Å². The van der Waals surface area contributed by atoms with Gasteiger partial charge in [0.05, 0.1) is 24.2 Å². The lowest BCUT2D eigenvalue weighted by molar-refractivity contribution is -0.146. The second-order valence-electron chi connectivity index (χ2n) is 4.30. The summed E-state index contributed by atoms with van der Waals surface area (Å²) in [6.45, 7) is 3.60. The molecule has 0 spiro atoms. The summed E-state index contributed by atoms with van der Waals surface area (Å²) >= 11 is 0. The summed E-state index contributed by atoms with van der Waals surface area (Å²) in [7, 11) is 0. The van der Waals surface area contributed by atoms with Gasteiger partial charge in [0.2, 0.25) is 0 Å². The molecule has 15 heavy (non-hydrogen) atoms. The zero-order chi connectivity index (χ0) is 11.4. The zero-order valence-corrected chi connectivity index (χ0v) is 9.35. The Hall–Kier alpha value is -0.610. The molecule has 88 valence electrons. The molecule has 1 saturated heterocycles. The highest BCUT2D eigenvalue weighted by Crippen LogP contribution is 2.28. The monoisotopic (exact) mass is 216 g/mol. The van der Waals surface area contributed by atoms with E-state index < -0.39 is 11.9 Å². The number of carboxylic acid groups (broad SMARTS) is 1. The molecular formula is C11H20O4. The summed E-state index contributed by atoms with van der Waals surface area (Å²) in [4.78, 5) is 10.7. The van der Waals surface area contributed by atoms with Crippen molar-refractivity contribution in [3.05, 3.63) is 0 Å². The SMILES string of the molecule is CC[C@H](O)C[C@@H]1CC[C@H]([C@H](C)C(=O)O)O1. The highest BCUT2D eigenvalue weighted by atomic mass is 16.5. The van der Waals surface area contributed by atoms with Crippen molar-refractivity contribution in [3.63, 3.8) is 0 Å². The average molecular weight is 216 g/mol. The minimum atomic E-state index is -0.809. The smallest absolute Gasteiger partial charge is 0.308 e. The van der Waals surface area contributed by atoms with E-state index in [1.807, 2.05) is 6.92 Å². The molecular weight excluding hydrogens is 196 g/mol. The molecule has 0 aromatic heterocycles. The Bertz CT molecular complexity index is 217. The Morgan fingerprint density at radius 1 is 1.53 bits per heavy atom. The number of ether oxygens (including phenoxy) is 1. The number of hydrogen-bond donors (Lipinski definition) is 2. The van der Waals surface area contributed by atoms with Gasteiger partial charge >= 0.3 is 5.97 Å². The molecule has 0 saturated carbocycles. The number of carboxylic acids is 1. The van der Waals surface area contributed by atoms with Crippen LogP contribution in [-0.2, 0) is 9.53 Å². The van der Waals surface area contributed by atoms with Gasteiger partial charge in [0, 0.05) is 0 Å². The molecule has 1 rings (SSSR count). The summed E-state index contributed by atoms with van der Waals surface area (Å²) in [5.74, 6) is -1.26. The van der Waals surface area contributed by atoms with E-state index in [9.17, 15) is 9.90 Å². The summed E-state index contributed by atoms with van der Waals surface area (Å²) in [6, 6.07) is 0. The van der Waals surface area contributed by atoms with E-state index in [2.05, 4.69) is 0 Å². The van der Waals surface area contributed by atoms with Crippen LogP contribution < -0.4 is 0 Å². The van der Waals surface area contributed by atoms with Crippen molar-refractivity contribution in [3.8, 4) is 0 Å². The lowest BCUT2D eigenvalue weighted by Crippen LogP contribution is -2.26. The van der Waals surface area contributed by atoms with Crippen molar-refractivity contribution in [2.24, 2.45) is 5.92 Å². The van der Waals surface area contributed by atoms with Gasteiger partial charge in [-0.3, -0.25) is 4.79 Å². The lowest BCUT2D eigenvalue weighted by Gasteiger charge is -2.18. The Morgan fingerprint density at radius 3 is 2.73 bits per heavy atom. The quantitative estimate of drug-likeness (QED) is 0.729. The number of aliphatic hydroxyl groups is 1. The number of rotatable bonds is 5. The first kappa shape index (κ1) is 12.5. The molecule has 2 N–H and O–H groups in total. The Balaban J connectivity index is 2.35. The van der Waals surface area contributed by atoms with Gasteiger partial charge in [0.15, 0.2) is 0 Å². The summed E-state index contributed by atoms with van der Waals surface area (Å²) in [5, 5.41) is 18.3. The maximum atomic E-state index is 10.7. The van der Waals surface area contributed by atoms with Crippen molar-refractivity contribution in [2.75, 3.05) is 0 Å². The maximum absolute atomic E-state index is 10.7. The Labute approximate surface area is 90.2 Å². The standard InChI is InChI=1S/C11H20O4/c1-3-8(12)6-9-4-5-10(15-9)7(2)11(13)14/h7-10,12H,3-6H2,1-2H3,(H,13,14)/t7-,8-,9-,10+/m0/s1. The van der Waals surface area contributed by atoms with Crippen molar-refractivity contribution < 1.29 is 19.7 Å². The topological polar surface area (TPSA) is 66.8 Å². The van der Waals surface area contributed by atoms with Crippen LogP contribution in [0.3, 0.4) is 0 Å². The summed E-state index contributed by atoms with van der Waals surface area (Å²) in [6.07, 6.45) is 2.52. The van der Waals surface area contributed by atoms with Crippen LogP contribution in [0.25, 0.3) is 0 Å². The van der Waals surface area contributed by atoms with Gasteiger partial charge < -0.3 is 14.9 Å². The van der Waals surface area contributed by atoms with Crippen LogP contribution in [0.4, 0.5) is 0 Å². The van der Waals surface area contributed by atoms with Crippen LogP contribution in [-0.4, -0.2) is 34.5 Å². The number of hydrogen-bond acceptors (Lipinski definition) is 3. The first-order chi connectivity index (χ1) is 7.04. The molecule has 0 aliphatic carbocycles. The molecule has 1 heterocycles. The molecule has 0 bridgehead atoms. The minimum Gasteiger partial charge on any atom is -0.481 e. The Morgan fingerprint density at radius 2 is 2.20 bits per heavy atom. The minimum absolute atomic E-state index is 0.0340. The van der Waals surface area contributed by atoms with E-state index in [1.54, 1.807) is 6.92 Å². The Kier molecular flexibility index (Phi) is 4.54. The molecule has 4 heteroatoms. The molecule has 4 nitrogen and oxygen atoms in total. The maximum Gasteiger partial charge on any atom is 0.308 e. The van der Waals surface area contributed by atoms with E-state index in [1.165, 1.54) is 0 Å². The fourth-order valence-corrected chi connectivity index (χ4v) is 1.90. The van der Waals surface area contributed by atoms with Crippen LogP contribution in [0.1, 0.15) is 39.5 Å². The van der Waals surface area contributed by atoms with E-state index in [0.29, 0.717) is 6.42 Å². The van der Waals surface area contributed by atoms with E-state index in [-0.39, 0.29) is 18.3 Å². The third-order valence-electron chi connectivity index (χ3n) is 3.09. The van der Waals surface area contributed by atoms with E-state index >= 15 is 0 Å². The van der Waals surface area contributed by atoms with Gasteiger partial charge in [-0.2, -0.15) is 0 Å². The van der Waals surface area contributed by atoms with Crippen molar-refractivity contribution in [1.82, 2.24) is 0 Å². The third-order valence-corrected chi connectivity index (χ3v) is 3.09.